The molecule has 158 valence electrons. The molecule has 7 heteroatoms. The lowest BCUT2D eigenvalue weighted by molar-refractivity contribution is -0.119. The first kappa shape index (κ1) is 20.3. The molecule has 0 bridgehead atoms. The van der Waals surface area contributed by atoms with Crippen LogP contribution in [0.1, 0.15) is 16.1 Å². The first-order valence-electron chi connectivity index (χ1n) is 9.61. The van der Waals surface area contributed by atoms with E-state index in [1.54, 1.807) is 25.1 Å². The number of rotatable bonds is 6. The average Bonchev–Trinajstić information content (AvgIpc) is 3.14. The second kappa shape index (κ2) is 8.39. The molecule has 0 fully saturated rings. The van der Waals surface area contributed by atoms with Crippen molar-refractivity contribution in [2.45, 2.75) is 6.92 Å². The van der Waals surface area contributed by atoms with Crippen LogP contribution in [-0.4, -0.2) is 32.7 Å². The Morgan fingerprint density at radius 3 is 2.48 bits per heavy atom. The van der Waals surface area contributed by atoms with Crippen LogP contribution in [0.15, 0.2) is 59.0 Å². The van der Waals surface area contributed by atoms with Crippen molar-refractivity contribution in [1.82, 2.24) is 0 Å². The van der Waals surface area contributed by atoms with E-state index in [2.05, 4.69) is 5.32 Å². The summed E-state index contributed by atoms with van der Waals surface area (Å²) in [6.45, 7) is 1.34. The maximum Gasteiger partial charge on any atom is 0.375 e. The van der Waals surface area contributed by atoms with Crippen molar-refractivity contribution in [3.05, 3.63) is 65.9 Å². The zero-order valence-corrected chi connectivity index (χ0v) is 17.4. The molecule has 0 saturated heterocycles. The zero-order chi connectivity index (χ0) is 22.0. The van der Waals surface area contributed by atoms with Crippen LogP contribution in [0.2, 0.25) is 0 Å². The quantitative estimate of drug-likeness (QED) is 0.456. The third-order valence-corrected chi connectivity index (χ3v) is 5.02. The topological polar surface area (TPSA) is 87.0 Å². The van der Waals surface area contributed by atoms with Crippen molar-refractivity contribution in [3.8, 4) is 11.5 Å². The summed E-state index contributed by atoms with van der Waals surface area (Å²) in [6, 6.07) is 16.6. The summed E-state index contributed by atoms with van der Waals surface area (Å²) < 4.78 is 21.4. The van der Waals surface area contributed by atoms with E-state index in [0.717, 1.165) is 16.2 Å². The fourth-order valence-electron chi connectivity index (χ4n) is 3.45. The Bertz CT molecular complexity index is 1290. The van der Waals surface area contributed by atoms with Crippen molar-refractivity contribution >= 4 is 39.3 Å². The number of hydrogen-bond acceptors (Lipinski definition) is 6. The third-order valence-electron chi connectivity index (χ3n) is 5.02. The summed E-state index contributed by atoms with van der Waals surface area (Å²) >= 11 is 0. The minimum atomic E-state index is -0.694. The van der Waals surface area contributed by atoms with Crippen molar-refractivity contribution in [1.29, 1.82) is 0 Å². The van der Waals surface area contributed by atoms with Crippen LogP contribution in [0.4, 0.5) is 5.69 Å². The number of hydrogen-bond donors (Lipinski definition) is 1. The summed E-state index contributed by atoms with van der Waals surface area (Å²) in [5.74, 6) is -0.0764. The fraction of sp³-hybridized carbons (Fsp3) is 0.167. The molecule has 0 spiro atoms. The van der Waals surface area contributed by atoms with Gasteiger partial charge in [0.2, 0.25) is 5.76 Å². The van der Waals surface area contributed by atoms with Gasteiger partial charge in [0.15, 0.2) is 18.1 Å². The molecule has 31 heavy (non-hydrogen) atoms. The van der Waals surface area contributed by atoms with Gasteiger partial charge in [-0.25, -0.2) is 4.79 Å². The van der Waals surface area contributed by atoms with E-state index in [-0.39, 0.29) is 5.76 Å². The molecule has 1 amide bonds. The molecule has 0 radical (unpaired) electrons. The SMILES string of the molecule is COc1ccc(NC(=O)COC(=O)c2oc3c(ccc4ccccc43)c2C)cc1OC. The van der Waals surface area contributed by atoms with Crippen LogP contribution in [0.3, 0.4) is 0 Å². The van der Waals surface area contributed by atoms with E-state index in [9.17, 15) is 9.59 Å². The number of anilines is 1. The van der Waals surface area contributed by atoms with Gasteiger partial charge in [0, 0.05) is 28.1 Å². The van der Waals surface area contributed by atoms with Gasteiger partial charge in [-0.3, -0.25) is 4.79 Å². The second-order valence-electron chi connectivity index (χ2n) is 6.91. The van der Waals surface area contributed by atoms with Gasteiger partial charge in [-0.2, -0.15) is 0 Å². The molecule has 1 heterocycles. The van der Waals surface area contributed by atoms with Gasteiger partial charge in [0.25, 0.3) is 5.91 Å². The largest absolute Gasteiger partial charge is 0.493 e. The van der Waals surface area contributed by atoms with Gasteiger partial charge >= 0.3 is 5.97 Å². The number of carbonyl (C=O) groups excluding carboxylic acids is 2. The van der Waals surface area contributed by atoms with Gasteiger partial charge in [0.1, 0.15) is 5.58 Å². The van der Waals surface area contributed by atoms with Crippen LogP contribution < -0.4 is 14.8 Å². The Morgan fingerprint density at radius 1 is 0.935 bits per heavy atom. The van der Waals surface area contributed by atoms with Gasteiger partial charge < -0.3 is 23.9 Å². The molecule has 7 nitrogen and oxygen atoms in total. The summed E-state index contributed by atoms with van der Waals surface area (Å²) in [5, 5.41) is 5.41. The Kier molecular flexibility index (Phi) is 5.49. The monoisotopic (exact) mass is 419 g/mol. The van der Waals surface area contributed by atoms with Crippen molar-refractivity contribution in [3.63, 3.8) is 0 Å². The van der Waals surface area contributed by atoms with Gasteiger partial charge in [0.05, 0.1) is 14.2 Å². The van der Waals surface area contributed by atoms with Gasteiger partial charge in [-0.1, -0.05) is 36.4 Å². The fourth-order valence-corrected chi connectivity index (χ4v) is 3.45. The molecule has 1 aromatic heterocycles. The molecule has 0 aliphatic rings. The molecule has 0 saturated carbocycles. The van der Waals surface area contributed by atoms with E-state index in [1.165, 1.54) is 14.2 Å². The number of carbonyl (C=O) groups is 2. The van der Waals surface area contributed by atoms with Gasteiger partial charge in [-0.15, -0.1) is 0 Å². The molecule has 4 aromatic rings. The first-order chi connectivity index (χ1) is 15.0. The van der Waals surface area contributed by atoms with Crippen LogP contribution in [-0.2, 0) is 9.53 Å². The van der Waals surface area contributed by atoms with Crippen molar-refractivity contribution in [2.75, 3.05) is 26.1 Å². The van der Waals surface area contributed by atoms with Crippen LogP contribution in [0.25, 0.3) is 21.7 Å². The molecule has 1 N–H and O–H groups in total. The van der Waals surface area contributed by atoms with Crippen LogP contribution in [0.5, 0.6) is 11.5 Å². The van der Waals surface area contributed by atoms with Crippen LogP contribution >= 0.6 is 0 Å². The lowest BCUT2D eigenvalue weighted by atomic mass is 10.1. The molecule has 4 rings (SSSR count). The van der Waals surface area contributed by atoms with E-state index in [0.29, 0.717) is 28.3 Å². The minimum Gasteiger partial charge on any atom is -0.493 e. The Morgan fingerprint density at radius 2 is 1.71 bits per heavy atom. The number of amides is 1. The maximum absolute atomic E-state index is 12.6. The Balaban J connectivity index is 1.47. The molecule has 0 unspecified atom stereocenters. The predicted molar refractivity (Wildman–Crippen MR) is 117 cm³/mol. The average molecular weight is 419 g/mol. The number of furan rings is 1. The molecular weight excluding hydrogens is 398 g/mol. The van der Waals surface area contributed by atoms with Crippen molar-refractivity contribution < 1.29 is 28.2 Å². The zero-order valence-electron chi connectivity index (χ0n) is 17.4. The number of aryl methyl sites for hydroxylation is 1. The molecular formula is C24H21NO6. The number of ether oxygens (including phenoxy) is 3. The summed E-state index contributed by atoms with van der Waals surface area (Å²) in [5.41, 5.74) is 1.79. The second-order valence-corrected chi connectivity index (χ2v) is 6.91. The maximum atomic E-state index is 12.6. The highest BCUT2D eigenvalue weighted by Gasteiger charge is 2.21. The molecule has 3 aromatic carbocycles. The number of fused-ring (bicyclic) bond motifs is 3. The van der Waals surface area contributed by atoms with E-state index >= 15 is 0 Å². The highest BCUT2D eigenvalue weighted by atomic mass is 16.5. The number of methoxy groups -OCH3 is 2. The lowest BCUT2D eigenvalue weighted by Gasteiger charge is -2.10. The highest BCUT2D eigenvalue weighted by Crippen LogP contribution is 2.32. The number of nitrogens with one attached hydrogen (secondary N) is 1. The summed E-state index contributed by atoms with van der Waals surface area (Å²) in [6.07, 6.45) is 0. The number of esters is 1. The summed E-state index contributed by atoms with van der Waals surface area (Å²) in [4.78, 5) is 24.8. The Hall–Kier alpha value is -4.00. The van der Waals surface area contributed by atoms with Crippen molar-refractivity contribution in [2.24, 2.45) is 0 Å². The highest BCUT2D eigenvalue weighted by molar-refractivity contribution is 6.08. The van der Waals surface area contributed by atoms with E-state index in [1.807, 2.05) is 36.4 Å². The molecule has 0 aliphatic carbocycles. The Labute approximate surface area is 178 Å². The summed E-state index contributed by atoms with van der Waals surface area (Å²) in [7, 11) is 3.03. The molecule has 0 atom stereocenters. The lowest BCUT2D eigenvalue weighted by Crippen LogP contribution is -2.21. The number of benzene rings is 3. The van der Waals surface area contributed by atoms with E-state index in [4.69, 9.17) is 18.6 Å². The van der Waals surface area contributed by atoms with Gasteiger partial charge in [-0.05, 0) is 24.4 Å². The minimum absolute atomic E-state index is 0.0882. The normalized spacial score (nSPS) is 10.8. The smallest absolute Gasteiger partial charge is 0.375 e. The molecule has 0 aliphatic heterocycles. The standard InChI is InChI=1S/C24H21NO6/c1-14-17-10-8-15-6-4-5-7-18(15)23(17)31-22(14)24(27)30-13-21(26)25-16-9-11-19(28-2)20(12-16)29-3/h4-12H,13H2,1-3H3,(H,25,26). The first-order valence-corrected chi connectivity index (χ1v) is 9.61. The van der Waals surface area contributed by atoms with E-state index < -0.39 is 18.5 Å². The van der Waals surface area contributed by atoms with Crippen LogP contribution in [0, 0.1) is 6.92 Å². The third kappa shape index (κ3) is 3.90. The predicted octanol–water partition coefficient (Wildman–Crippen LogP) is 4.71.